The zero-order valence-electron chi connectivity index (χ0n) is 7.74. The Morgan fingerprint density at radius 3 is 2.36 bits per heavy atom. The van der Waals surface area contributed by atoms with E-state index in [1.165, 1.54) is 25.1 Å². The number of carbonyl (C=O) groups is 1. The second-order valence-electron chi connectivity index (χ2n) is 2.97. The van der Waals surface area contributed by atoms with E-state index in [-0.39, 0.29) is 21.3 Å². The van der Waals surface area contributed by atoms with Crippen molar-refractivity contribution in [3.63, 3.8) is 0 Å². The Morgan fingerprint density at radius 2 is 1.93 bits per heavy atom. The third-order valence-corrected chi connectivity index (χ3v) is 3.19. The molecule has 76 valence electrons. The Bertz CT molecular complexity index is 477. The van der Waals surface area contributed by atoms with Crippen LogP contribution in [0.5, 0.6) is 0 Å². The first-order valence-corrected chi connectivity index (χ1v) is 6.10. The Labute approximate surface area is 87.6 Å². The highest BCUT2D eigenvalue weighted by molar-refractivity contribution is 7.90. The van der Waals surface area contributed by atoms with Crippen LogP contribution >= 0.6 is 11.6 Å². The zero-order valence-corrected chi connectivity index (χ0v) is 9.32. The lowest BCUT2D eigenvalue weighted by Gasteiger charge is -2.02. The maximum atomic E-state index is 11.2. The van der Waals surface area contributed by atoms with Gasteiger partial charge in [0.05, 0.1) is 9.92 Å². The molecule has 0 aliphatic rings. The van der Waals surface area contributed by atoms with Crippen molar-refractivity contribution in [3.05, 3.63) is 28.8 Å². The topological polar surface area (TPSA) is 51.2 Å². The fourth-order valence-electron chi connectivity index (χ4n) is 1.00. The summed E-state index contributed by atoms with van der Waals surface area (Å²) in [7, 11) is -3.29. The fourth-order valence-corrected chi connectivity index (χ4v) is 1.90. The van der Waals surface area contributed by atoms with Crippen molar-refractivity contribution in [2.75, 3.05) is 6.26 Å². The summed E-state index contributed by atoms with van der Waals surface area (Å²) in [6.45, 7) is 1.34. The van der Waals surface area contributed by atoms with Crippen LogP contribution in [-0.2, 0) is 9.84 Å². The molecule has 0 aromatic heterocycles. The highest BCUT2D eigenvalue weighted by Crippen LogP contribution is 2.20. The Hall–Kier alpha value is -0.870. The number of hydrogen-bond acceptors (Lipinski definition) is 3. The van der Waals surface area contributed by atoms with E-state index in [9.17, 15) is 13.2 Å². The first kappa shape index (κ1) is 11.2. The summed E-state index contributed by atoms with van der Waals surface area (Å²) >= 11 is 5.73. The number of hydrogen-bond donors (Lipinski definition) is 0. The first-order valence-electron chi connectivity index (χ1n) is 3.83. The molecule has 1 rings (SSSR count). The zero-order chi connectivity index (χ0) is 10.9. The van der Waals surface area contributed by atoms with Gasteiger partial charge in [0, 0.05) is 11.8 Å². The van der Waals surface area contributed by atoms with Crippen molar-refractivity contribution in [2.45, 2.75) is 11.8 Å². The van der Waals surface area contributed by atoms with Gasteiger partial charge in [-0.2, -0.15) is 0 Å². The maximum Gasteiger partial charge on any atom is 0.175 e. The third kappa shape index (κ3) is 2.33. The Balaban J connectivity index is 3.42. The fraction of sp³-hybridized carbons (Fsp3) is 0.222. The van der Waals surface area contributed by atoms with Gasteiger partial charge in [-0.05, 0) is 25.1 Å². The molecule has 1 aromatic carbocycles. The summed E-state index contributed by atoms with van der Waals surface area (Å²) in [6.07, 6.45) is 1.08. The van der Waals surface area contributed by atoms with E-state index < -0.39 is 9.84 Å². The minimum Gasteiger partial charge on any atom is -0.294 e. The maximum absolute atomic E-state index is 11.2. The van der Waals surface area contributed by atoms with Crippen molar-refractivity contribution in [1.29, 1.82) is 0 Å². The van der Waals surface area contributed by atoms with Gasteiger partial charge in [0.25, 0.3) is 0 Å². The van der Waals surface area contributed by atoms with E-state index in [1.807, 2.05) is 0 Å². The highest BCUT2D eigenvalue weighted by Gasteiger charge is 2.12. The van der Waals surface area contributed by atoms with Gasteiger partial charge in [0.15, 0.2) is 15.6 Å². The number of rotatable bonds is 2. The molecule has 0 aliphatic carbocycles. The molecule has 0 saturated carbocycles. The SMILES string of the molecule is CC(=O)c1cc(S(C)(=O)=O)ccc1Cl. The van der Waals surface area contributed by atoms with Gasteiger partial charge in [-0.1, -0.05) is 11.6 Å². The molecule has 0 N–H and O–H groups in total. The molecular weight excluding hydrogens is 224 g/mol. The third-order valence-electron chi connectivity index (χ3n) is 1.75. The molecule has 1 aromatic rings. The van der Waals surface area contributed by atoms with Gasteiger partial charge >= 0.3 is 0 Å². The van der Waals surface area contributed by atoms with Crippen LogP contribution in [0.1, 0.15) is 17.3 Å². The van der Waals surface area contributed by atoms with Crippen LogP contribution < -0.4 is 0 Å². The van der Waals surface area contributed by atoms with Gasteiger partial charge in [-0.3, -0.25) is 4.79 Å². The second kappa shape index (κ2) is 3.71. The van der Waals surface area contributed by atoms with Crippen LogP contribution in [0.15, 0.2) is 23.1 Å². The predicted molar refractivity (Wildman–Crippen MR) is 54.6 cm³/mol. The molecule has 0 aliphatic heterocycles. The lowest BCUT2D eigenvalue weighted by atomic mass is 10.1. The number of Topliss-reactive ketones (excluding diaryl/α,β-unsaturated/α-hetero) is 1. The average molecular weight is 233 g/mol. The Kier molecular flexibility index (Phi) is 2.97. The quantitative estimate of drug-likeness (QED) is 0.733. The van der Waals surface area contributed by atoms with Crippen molar-refractivity contribution < 1.29 is 13.2 Å². The summed E-state index contributed by atoms with van der Waals surface area (Å²) in [4.78, 5) is 11.2. The summed E-state index contributed by atoms with van der Waals surface area (Å²) in [6, 6.07) is 4.08. The summed E-state index contributed by atoms with van der Waals surface area (Å²) in [5.41, 5.74) is 0.231. The van der Waals surface area contributed by atoms with Crippen LogP contribution in [-0.4, -0.2) is 20.5 Å². The van der Waals surface area contributed by atoms with E-state index in [4.69, 9.17) is 11.6 Å². The van der Waals surface area contributed by atoms with Crippen molar-refractivity contribution in [3.8, 4) is 0 Å². The predicted octanol–water partition coefficient (Wildman–Crippen LogP) is 1.95. The molecule has 5 heteroatoms. The molecule has 0 amide bonds. The summed E-state index contributed by atoms with van der Waals surface area (Å²) in [5.74, 6) is -0.250. The number of benzene rings is 1. The van der Waals surface area contributed by atoms with E-state index in [2.05, 4.69) is 0 Å². The first-order chi connectivity index (χ1) is 6.32. The largest absolute Gasteiger partial charge is 0.294 e. The van der Waals surface area contributed by atoms with E-state index in [0.29, 0.717) is 0 Å². The lowest BCUT2D eigenvalue weighted by molar-refractivity contribution is 0.101. The van der Waals surface area contributed by atoms with E-state index in [0.717, 1.165) is 6.26 Å². The molecule has 0 heterocycles. The van der Waals surface area contributed by atoms with Crippen molar-refractivity contribution in [1.82, 2.24) is 0 Å². The lowest BCUT2D eigenvalue weighted by Crippen LogP contribution is -2.01. The smallest absolute Gasteiger partial charge is 0.175 e. The molecule has 0 fully saturated rings. The van der Waals surface area contributed by atoms with E-state index >= 15 is 0 Å². The molecule has 3 nitrogen and oxygen atoms in total. The van der Waals surface area contributed by atoms with E-state index in [1.54, 1.807) is 0 Å². The number of halogens is 1. The van der Waals surface area contributed by atoms with Crippen LogP contribution in [0.4, 0.5) is 0 Å². The molecule has 0 atom stereocenters. The standard InChI is InChI=1S/C9H9ClO3S/c1-6(11)8-5-7(14(2,12)13)3-4-9(8)10/h3-5H,1-2H3. The van der Waals surface area contributed by atoms with Gasteiger partial charge in [0.2, 0.25) is 0 Å². The molecule has 0 spiro atoms. The van der Waals surface area contributed by atoms with Crippen LogP contribution in [0.25, 0.3) is 0 Å². The van der Waals surface area contributed by atoms with Crippen molar-refractivity contribution >= 4 is 27.2 Å². The van der Waals surface area contributed by atoms with Crippen LogP contribution in [0.3, 0.4) is 0 Å². The number of sulfone groups is 1. The molecule has 0 saturated heterocycles. The molecule has 0 unspecified atom stereocenters. The minimum atomic E-state index is -3.29. The highest BCUT2D eigenvalue weighted by atomic mass is 35.5. The monoisotopic (exact) mass is 232 g/mol. The normalized spacial score (nSPS) is 11.4. The molecule has 0 bridgehead atoms. The minimum absolute atomic E-state index is 0.104. The van der Waals surface area contributed by atoms with Gasteiger partial charge in [0.1, 0.15) is 0 Å². The Morgan fingerprint density at radius 1 is 1.36 bits per heavy atom. The van der Waals surface area contributed by atoms with Gasteiger partial charge in [-0.25, -0.2) is 8.42 Å². The van der Waals surface area contributed by atoms with Crippen molar-refractivity contribution in [2.24, 2.45) is 0 Å². The van der Waals surface area contributed by atoms with Gasteiger partial charge in [-0.15, -0.1) is 0 Å². The average Bonchev–Trinajstić information content (AvgIpc) is 2.02. The van der Waals surface area contributed by atoms with Crippen LogP contribution in [0, 0.1) is 0 Å². The summed E-state index contributed by atoms with van der Waals surface area (Å²) in [5, 5.41) is 0.268. The molecular formula is C9H9ClO3S. The summed E-state index contributed by atoms with van der Waals surface area (Å²) < 4.78 is 22.3. The molecule has 14 heavy (non-hydrogen) atoms. The second-order valence-corrected chi connectivity index (χ2v) is 5.39. The van der Waals surface area contributed by atoms with Gasteiger partial charge < -0.3 is 0 Å². The van der Waals surface area contributed by atoms with Crippen LogP contribution in [0.2, 0.25) is 5.02 Å². The number of carbonyl (C=O) groups excluding carboxylic acids is 1. The molecule has 0 radical (unpaired) electrons. The number of ketones is 1.